The lowest BCUT2D eigenvalue weighted by molar-refractivity contribution is -0.166. The van der Waals surface area contributed by atoms with Gasteiger partial charge in [0.1, 0.15) is 6.10 Å². The third-order valence-corrected chi connectivity index (χ3v) is 3.04. The maximum absolute atomic E-state index is 11.2. The number of aliphatic carboxylic acids is 1. The average molecular weight is 259 g/mol. The van der Waals surface area contributed by atoms with E-state index in [0.29, 0.717) is 12.8 Å². The summed E-state index contributed by atoms with van der Waals surface area (Å²) in [5.41, 5.74) is 0. The molecule has 1 aliphatic heterocycles. The van der Waals surface area contributed by atoms with E-state index in [9.17, 15) is 9.59 Å². The molecule has 0 bridgehead atoms. The molecule has 0 radical (unpaired) electrons. The molecule has 6 nitrogen and oxygen atoms in total. The van der Waals surface area contributed by atoms with Gasteiger partial charge in [-0.25, -0.2) is 4.79 Å². The highest BCUT2D eigenvalue weighted by Crippen LogP contribution is 2.33. The van der Waals surface area contributed by atoms with Crippen molar-refractivity contribution in [2.75, 3.05) is 7.05 Å². The van der Waals surface area contributed by atoms with Crippen molar-refractivity contribution in [1.29, 1.82) is 0 Å². The fourth-order valence-electron chi connectivity index (χ4n) is 2.04. The number of hydrogen-bond donors (Lipinski definition) is 2. The highest BCUT2D eigenvalue weighted by atomic mass is 16.8. The molecule has 0 saturated carbocycles. The molecular weight excluding hydrogens is 238 g/mol. The molecule has 1 aliphatic rings. The van der Waals surface area contributed by atoms with Crippen molar-refractivity contribution in [3.8, 4) is 0 Å². The molecule has 0 aromatic carbocycles. The van der Waals surface area contributed by atoms with Crippen LogP contribution in [0.4, 0.5) is 0 Å². The number of carboxylic acid groups (broad SMARTS) is 1. The standard InChI is InChI=1S/C12H21NO5/c1-7(5-6-8(14)13-4)9-10(11(15)16)18-12(2,3)17-9/h7,9-10H,5-6H2,1-4H3,(H,13,14)(H,15,16)/t7-,9?,10?/m0/s1. The summed E-state index contributed by atoms with van der Waals surface area (Å²) in [6.45, 7) is 5.25. The van der Waals surface area contributed by atoms with Gasteiger partial charge in [0, 0.05) is 13.5 Å². The minimum atomic E-state index is -1.03. The minimum absolute atomic E-state index is 0.0631. The Morgan fingerprint density at radius 2 is 2.00 bits per heavy atom. The highest BCUT2D eigenvalue weighted by molar-refractivity contribution is 5.75. The normalized spacial score (nSPS) is 27.8. The monoisotopic (exact) mass is 259 g/mol. The zero-order chi connectivity index (χ0) is 13.9. The summed E-state index contributed by atoms with van der Waals surface area (Å²) in [6, 6.07) is 0. The largest absolute Gasteiger partial charge is 0.479 e. The molecule has 104 valence electrons. The molecule has 2 N–H and O–H groups in total. The summed E-state index contributed by atoms with van der Waals surface area (Å²) < 4.78 is 11.0. The van der Waals surface area contributed by atoms with Gasteiger partial charge >= 0.3 is 5.97 Å². The second-order valence-corrected chi connectivity index (χ2v) is 5.05. The van der Waals surface area contributed by atoms with Crippen LogP contribution in [0.3, 0.4) is 0 Å². The predicted octanol–water partition coefficient (Wildman–Crippen LogP) is 0.753. The van der Waals surface area contributed by atoms with Crippen LogP contribution >= 0.6 is 0 Å². The molecule has 0 aromatic heterocycles. The Kier molecular flexibility index (Phi) is 4.70. The summed E-state index contributed by atoms with van der Waals surface area (Å²) in [7, 11) is 1.57. The number of carbonyl (C=O) groups excluding carboxylic acids is 1. The van der Waals surface area contributed by atoms with E-state index in [0.717, 1.165) is 0 Å². The first-order valence-electron chi connectivity index (χ1n) is 6.06. The van der Waals surface area contributed by atoms with Crippen molar-refractivity contribution < 1.29 is 24.2 Å². The highest BCUT2D eigenvalue weighted by Gasteiger charge is 2.47. The molecule has 0 aromatic rings. The number of rotatable bonds is 5. The van der Waals surface area contributed by atoms with Crippen LogP contribution in [-0.4, -0.2) is 42.0 Å². The first-order chi connectivity index (χ1) is 8.26. The lowest BCUT2D eigenvalue weighted by Crippen LogP contribution is -2.36. The van der Waals surface area contributed by atoms with Crippen LogP contribution in [0.25, 0.3) is 0 Å². The van der Waals surface area contributed by atoms with Crippen LogP contribution in [0.5, 0.6) is 0 Å². The fraction of sp³-hybridized carbons (Fsp3) is 0.833. The Bertz CT molecular complexity index is 328. The summed E-state index contributed by atoms with van der Waals surface area (Å²) in [5, 5.41) is 11.6. The molecule has 1 rings (SSSR count). The molecule has 2 unspecified atom stereocenters. The van der Waals surface area contributed by atoms with Crippen molar-refractivity contribution in [2.24, 2.45) is 5.92 Å². The zero-order valence-electron chi connectivity index (χ0n) is 11.2. The van der Waals surface area contributed by atoms with Gasteiger partial charge in [0.05, 0.1) is 0 Å². The molecular formula is C12H21NO5. The Labute approximate surface area is 107 Å². The van der Waals surface area contributed by atoms with Crippen molar-refractivity contribution in [3.63, 3.8) is 0 Å². The maximum atomic E-state index is 11.2. The zero-order valence-corrected chi connectivity index (χ0v) is 11.2. The maximum Gasteiger partial charge on any atom is 0.335 e. The Hall–Kier alpha value is -1.14. The molecule has 0 spiro atoms. The van der Waals surface area contributed by atoms with Gasteiger partial charge in [-0.1, -0.05) is 6.92 Å². The van der Waals surface area contributed by atoms with Gasteiger partial charge in [0.25, 0.3) is 0 Å². The SMILES string of the molecule is CNC(=O)CC[C@H](C)C1OC(C)(C)OC1C(=O)O. The molecule has 1 heterocycles. The minimum Gasteiger partial charge on any atom is -0.479 e. The van der Waals surface area contributed by atoms with E-state index in [1.165, 1.54) is 0 Å². The molecule has 6 heteroatoms. The van der Waals surface area contributed by atoms with E-state index in [4.69, 9.17) is 14.6 Å². The molecule has 0 aliphatic carbocycles. The van der Waals surface area contributed by atoms with Crippen molar-refractivity contribution >= 4 is 11.9 Å². The first-order valence-corrected chi connectivity index (χ1v) is 6.06. The van der Waals surface area contributed by atoms with Gasteiger partial charge < -0.3 is 19.9 Å². The Morgan fingerprint density at radius 1 is 1.39 bits per heavy atom. The van der Waals surface area contributed by atoms with Gasteiger partial charge in [-0.2, -0.15) is 0 Å². The van der Waals surface area contributed by atoms with Crippen LogP contribution in [0.15, 0.2) is 0 Å². The molecule has 1 fully saturated rings. The first kappa shape index (κ1) is 14.9. The van der Waals surface area contributed by atoms with Crippen LogP contribution < -0.4 is 5.32 Å². The van der Waals surface area contributed by atoms with E-state index < -0.39 is 24.0 Å². The van der Waals surface area contributed by atoms with Crippen molar-refractivity contribution in [1.82, 2.24) is 5.32 Å². The van der Waals surface area contributed by atoms with Gasteiger partial charge in [-0.15, -0.1) is 0 Å². The molecule has 18 heavy (non-hydrogen) atoms. The fourth-order valence-corrected chi connectivity index (χ4v) is 2.04. The van der Waals surface area contributed by atoms with E-state index in [1.807, 2.05) is 6.92 Å². The number of ether oxygens (including phenoxy) is 2. The lowest BCUT2D eigenvalue weighted by atomic mass is 9.95. The van der Waals surface area contributed by atoms with Gasteiger partial charge in [-0.05, 0) is 26.2 Å². The lowest BCUT2D eigenvalue weighted by Gasteiger charge is -2.21. The van der Waals surface area contributed by atoms with Gasteiger partial charge in [0.2, 0.25) is 5.91 Å². The number of amides is 1. The topological polar surface area (TPSA) is 84.9 Å². The quantitative estimate of drug-likeness (QED) is 0.761. The second kappa shape index (κ2) is 5.67. The van der Waals surface area contributed by atoms with E-state index >= 15 is 0 Å². The van der Waals surface area contributed by atoms with Crippen molar-refractivity contribution in [2.45, 2.75) is 51.6 Å². The average Bonchev–Trinajstić information content (AvgIpc) is 2.62. The number of nitrogens with one attached hydrogen (secondary N) is 1. The molecule has 1 amide bonds. The van der Waals surface area contributed by atoms with Crippen LogP contribution in [0, 0.1) is 5.92 Å². The summed E-state index contributed by atoms with van der Waals surface area (Å²) >= 11 is 0. The third-order valence-electron chi connectivity index (χ3n) is 3.04. The summed E-state index contributed by atoms with van der Waals surface area (Å²) in [4.78, 5) is 22.3. The van der Waals surface area contributed by atoms with Gasteiger partial charge in [0.15, 0.2) is 11.9 Å². The number of carboxylic acids is 1. The van der Waals surface area contributed by atoms with Crippen LogP contribution in [-0.2, 0) is 19.1 Å². The second-order valence-electron chi connectivity index (χ2n) is 5.05. The van der Waals surface area contributed by atoms with Crippen molar-refractivity contribution in [3.05, 3.63) is 0 Å². The third kappa shape index (κ3) is 3.68. The van der Waals surface area contributed by atoms with E-state index in [1.54, 1.807) is 20.9 Å². The van der Waals surface area contributed by atoms with Crippen LogP contribution in [0.1, 0.15) is 33.6 Å². The van der Waals surface area contributed by atoms with Crippen LogP contribution in [0.2, 0.25) is 0 Å². The van der Waals surface area contributed by atoms with E-state index in [-0.39, 0.29) is 11.8 Å². The Morgan fingerprint density at radius 3 is 2.50 bits per heavy atom. The molecule has 3 atom stereocenters. The predicted molar refractivity (Wildman–Crippen MR) is 63.9 cm³/mol. The Balaban J connectivity index is 2.62. The summed E-state index contributed by atoms with van der Waals surface area (Å²) in [6.07, 6.45) is -0.584. The van der Waals surface area contributed by atoms with Gasteiger partial charge in [-0.3, -0.25) is 4.79 Å². The molecule has 1 saturated heterocycles. The number of carbonyl (C=O) groups is 2. The van der Waals surface area contributed by atoms with E-state index in [2.05, 4.69) is 5.32 Å². The summed E-state index contributed by atoms with van der Waals surface area (Å²) in [5.74, 6) is -2.05. The smallest absolute Gasteiger partial charge is 0.335 e. The number of hydrogen-bond acceptors (Lipinski definition) is 4.